The first kappa shape index (κ1) is 32.9. The zero-order valence-corrected chi connectivity index (χ0v) is 28.2. The summed E-state index contributed by atoms with van der Waals surface area (Å²) in [5, 5.41) is 8.58. The Labute approximate surface area is 286 Å². The van der Waals surface area contributed by atoms with E-state index in [0.29, 0.717) is 29.9 Å². The largest absolute Gasteiger partial charge is 0.497 e. The average Bonchev–Trinajstić information content (AvgIpc) is 3.50. The van der Waals surface area contributed by atoms with Crippen LogP contribution in [0.1, 0.15) is 22.4 Å². The SMILES string of the molecule is COc1ccc(CNc2nccc(-n3ncc(/C=C/CN4CCN(c5cc(Cl)cc(OCc6ccc(OC)cc6)c5)CC4)c3C)n2)cc1. The summed E-state index contributed by atoms with van der Waals surface area (Å²) in [7, 11) is 3.32. The molecular formula is C37H40ClN7O3. The van der Waals surface area contributed by atoms with Crippen LogP contribution >= 0.6 is 11.6 Å². The molecule has 0 bridgehead atoms. The van der Waals surface area contributed by atoms with Crippen LogP contribution in [0, 0.1) is 6.92 Å². The second-order valence-corrected chi connectivity index (χ2v) is 11.9. The molecule has 2 aromatic heterocycles. The lowest BCUT2D eigenvalue weighted by Gasteiger charge is -2.35. The number of halogens is 1. The van der Waals surface area contributed by atoms with Crippen molar-refractivity contribution in [2.45, 2.75) is 20.1 Å². The molecule has 3 aromatic carbocycles. The van der Waals surface area contributed by atoms with Crippen LogP contribution in [-0.2, 0) is 13.2 Å². The molecule has 1 fully saturated rings. The highest BCUT2D eigenvalue weighted by molar-refractivity contribution is 6.31. The maximum atomic E-state index is 6.49. The van der Waals surface area contributed by atoms with Crippen molar-refractivity contribution in [3.63, 3.8) is 0 Å². The van der Waals surface area contributed by atoms with Gasteiger partial charge in [-0.1, -0.05) is 48.0 Å². The van der Waals surface area contributed by atoms with E-state index < -0.39 is 0 Å². The van der Waals surface area contributed by atoms with Crippen LogP contribution in [0.25, 0.3) is 11.9 Å². The Morgan fingerprint density at radius 2 is 1.56 bits per heavy atom. The Bertz CT molecular complexity index is 1820. The van der Waals surface area contributed by atoms with Gasteiger partial charge in [-0.05, 0) is 54.4 Å². The summed E-state index contributed by atoms with van der Waals surface area (Å²) < 4.78 is 18.4. The summed E-state index contributed by atoms with van der Waals surface area (Å²) in [5.41, 5.74) is 5.33. The molecule has 1 N–H and O–H groups in total. The van der Waals surface area contributed by atoms with Crippen LogP contribution < -0.4 is 24.4 Å². The summed E-state index contributed by atoms with van der Waals surface area (Å²) in [6, 6.07) is 23.6. The summed E-state index contributed by atoms with van der Waals surface area (Å²) in [6.45, 7) is 7.69. The maximum Gasteiger partial charge on any atom is 0.224 e. The van der Waals surface area contributed by atoms with Crippen LogP contribution in [0.5, 0.6) is 17.2 Å². The van der Waals surface area contributed by atoms with E-state index in [1.165, 1.54) is 0 Å². The van der Waals surface area contributed by atoms with E-state index in [1.54, 1.807) is 20.4 Å². The van der Waals surface area contributed by atoms with Gasteiger partial charge in [0, 0.05) is 73.9 Å². The van der Waals surface area contributed by atoms with Gasteiger partial charge in [0.25, 0.3) is 0 Å². The summed E-state index contributed by atoms with van der Waals surface area (Å²) in [5.74, 6) is 3.68. The van der Waals surface area contributed by atoms with Gasteiger partial charge in [-0.2, -0.15) is 10.1 Å². The molecule has 1 aliphatic rings. The van der Waals surface area contributed by atoms with Gasteiger partial charge >= 0.3 is 0 Å². The van der Waals surface area contributed by atoms with Crippen LogP contribution in [0.15, 0.2) is 91.3 Å². The van der Waals surface area contributed by atoms with Crippen molar-refractivity contribution in [2.24, 2.45) is 0 Å². The van der Waals surface area contributed by atoms with Crippen molar-refractivity contribution >= 4 is 29.3 Å². The minimum absolute atomic E-state index is 0.463. The summed E-state index contributed by atoms with van der Waals surface area (Å²) in [6.07, 6.45) is 7.97. The molecule has 10 nitrogen and oxygen atoms in total. The van der Waals surface area contributed by atoms with Gasteiger partial charge in [0.05, 0.1) is 26.1 Å². The molecule has 1 saturated heterocycles. The van der Waals surface area contributed by atoms with E-state index >= 15 is 0 Å². The normalized spacial score (nSPS) is 13.5. The minimum atomic E-state index is 0.463. The van der Waals surface area contributed by atoms with Gasteiger partial charge in [0.15, 0.2) is 5.82 Å². The van der Waals surface area contributed by atoms with Gasteiger partial charge in [-0.15, -0.1) is 0 Å². The molecule has 0 saturated carbocycles. The number of piperazine rings is 1. The van der Waals surface area contributed by atoms with Crippen molar-refractivity contribution in [1.82, 2.24) is 24.6 Å². The Morgan fingerprint density at radius 1 is 0.854 bits per heavy atom. The first-order valence-electron chi connectivity index (χ1n) is 15.9. The number of ether oxygens (including phenoxy) is 3. The third kappa shape index (κ3) is 8.44. The zero-order chi connectivity index (χ0) is 33.3. The highest BCUT2D eigenvalue weighted by Gasteiger charge is 2.18. The fourth-order valence-electron chi connectivity index (χ4n) is 5.51. The number of nitrogens with zero attached hydrogens (tertiary/aromatic N) is 6. The van der Waals surface area contributed by atoms with E-state index in [0.717, 1.165) is 78.0 Å². The topological polar surface area (TPSA) is 89.8 Å². The highest BCUT2D eigenvalue weighted by Crippen LogP contribution is 2.29. The van der Waals surface area contributed by atoms with Crippen molar-refractivity contribution in [2.75, 3.05) is 57.2 Å². The monoisotopic (exact) mass is 665 g/mol. The Balaban J connectivity index is 0.992. The van der Waals surface area contributed by atoms with Crippen LogP contribution in [0.3, 0.4) is 0 Å². The zero-order valence-electron chi connectivity index (χ0n) is 27.5. The first-order valence-corrected chi connectivity index (χ1v) is 16.3. The molecule has 5 aromatic rings. The summed E-state index contributed by atoms with van der Waals surface area (Å²) >= 11 is 6.49. The minimum Gasteiger partial charge on any atom is -0.497 e. The average molecular weight is 666 g/mol. The van der Waals surface area contributed by atoms with E-state index in [-0.39, 0.29) is 0 Å². The van der Waals surface area contributed by atoms with E-state index in [4.69, 9.17) is 25.8 Å². The molecule has 1 aliphatic heterocycles. The molecule has 0 spiro atoms. The number of anilines is 2. The maximum absolute atomic E-state index is 6.49. The number of hydrogen-bond donors (Lipinski definition) is 1. The highest BCUT2D eigenvalue weighted by atomic mass is 35.5. The van der Waals surface area contributed by atoms with Crippen LogP contribution in [0.4, 0.5) is 11.6 Å². The predicted molar refractivity (Wildman–Crippen MR) is 191 cm³/mol. The fraction of sp³-hybridized carbons (Fsp3) is 0.270. The molecule has 0 aliphatic carbocycles. The number of benzene rings is 3. The Morgan fingerprint density at radius 3 is 2.27 bits per heavy atom. The number of methoxy groups -OCH3 is 2. The Hall–Kier alpha value is -5.06. The summed E-state index contributed by atoms with van der Waals surface area (Å²) in [4.78, 5) is 13.9. The quantitative estimate of drug-likeness (QED) is 0.148. The second kappa shape index (κ2) is 15.7. The van der Waals surface area contributed by atoms with Gasteiger partial charge in [-0.3, -0.25) is 4.90 Å². The van der Waals surface area contributed by atoms with E-state index in [9.17, 15) is 0 Å². The lowest BCUT2D eigenvalue weighted by Crippen LogP contribution is -2.46. The number of hydrogen-bond acceptors (Lipinski definition) is 9. The van der Waals surface area contributed by atoms with Crippen LogP contribution in [0.2, 0.25) is 5.02 Å². The standard InChI is InChI=1S/C37H40ClN7O3/c1-27-30(25-41-45(27)36-14-15-39-37(42-36)40-24-28-6-10-33(46-2)11-7-28)5-4-16-43-17-19-44(20-18-43)32-21-31(38)22-35(23-32)48-26-29-8-12-34(47-3)13-9-29/h4-15,21-23,25H,16-20,24,26H2,1-3H3,(H,39,40,42)/b5-4+. The van der Waals surface area contributed by atoms with Crippen molar-refractivity contribution in [3.05, 3.63) is 119 Å². The predicted octanol–water partition coefficient (Wildman–Crippen LogP) is 6.67. The van der Waals surface area contributed by atoms with Gasteiger partial charge in [-0.25, -0.2) is 9.67 Å². The lowest BCUT2D eigenvalue weighted by atomic mass is 10.2. The van der Waals surface area contributed by atoms with Crippen molar-refractivity contribution in [3.8, 4) is 23.1 Å². The number of nitrogens with one attached hydrogen (secondary N) is 1. The smallest absolute Gasteiger partial charge is 0.224 e. The number of aromatic nitrogens is 4. The third-order valence-corrected chi connectivity index (χ3v) is 8.55. The van der Waals surface area contributed by atoms with E-state index in [2.05, 4.69) is 55.3 Å². The molecule has 0 radical (unpaired) electrons. The van der Waals surface area contributed by atoms with E-state index in [1.807, 2.05) is 77.6 Å². The molecule has 48 heavy (non-hydrogen) atoms. The lowest BCUT2D eigenvalue weighted by molar-refractivity contribution is 0.284. The third-order valence-electron chi connectivity index (χ3n) is 8.33. The first-order chi connectivity index (χ1) is 23.5. The Kier molecular flexibility index (Phi) is 10.7. The van der Waals surface area contributed by atoms with Crippen molar-refractivity contribution < 1.29 is 14.2 Å². The van der Waals surface area contributed by atoms with Crippen molar-refractivity contribution in [1.29, 1.82) is 0 Å². The molecule has 0 amide bonds. The molecule has 0 atom stereocenters. The fourth-order valence-corrected chi connectivity index (χ4v) is 5.73. The molecule has 11 heteroatoms. The van der Waals surface area contributed by atoms with Gasteiger partial charge in [0.2, 0.25) is 5.95 Å². The number of rotatable bonds is 13. The molecule has 0 unspecified atom stereocenters. The molecular weight excluding hydrogens is 626 g/mol. The molecule has 3 heterocycles. The molecule has 248 valence electrons. The second-order valence-electron chi connectivity index (χ2n) is 11.5. The van der Waals surface area contributed by atoms with Gasteiger partial charge < -0.3 is 24.4 Å². The van der Waals surface area contributed by atoms with Crippen LogP contribution in [-0.4, -0.2) is 71.6 Å². The molecule has 6 rings (SSSR count). The van der Waals surface area contributed by atoms with Gasteiger partial charge in [0.1, 0.15) is 23.9 Å².